The summed E-state index contributed by atoms with van der Waals surface area (Å²) in [4.78, 5) is 25.5. The minimum atomic E-state index is -1.66. The van der Waals surface area contributed by atoms with Crippen LogP contribution >= 0.6 is 0 Å². The number of aromatic nitrogens is 1. The predicted molar refractivity (Wildman–Crippen MR) is 105 cm³/mol. The second-order valence-corrected chi connectivity index (χ2v) is 7.64. The second-order valence-electron chi connectivity index (χ2n) is 7.64. The molecule has 0 radical (unpaired) electrons. The standard InChI is InChI=1S/C19H23FN4O5/c1-22-6-9-4-5-23(7-9)16-13(20)14(21)12-15(18(16)26)24(10-2-3-10)8-11(17(12)25)29-19(27)28/h8-10,22,26H,2-7,21H2,1H3,(H,27,28). The molecule has 1 aromatic heterocycles. The number of nitrogens with zero attached hydrogens (tertiary/aromatic N) is 2. The van der Waals surface area contributed by atoms with Gasteiger partial charge in [-0.2, -0.15) is 0 Å². The molecule has 1 aliphatic heterocycles. The average Bonchev–Trinajstić information content (AvgIpc) is 3.41. The molecule has 1 saturated carbocycles. The van der Waals surface area contributed by atoms with Crippen molar-refractivity contribution in [2.45, 2.75) is 25.3 Å². The van der Waals surface area contributed by atoms with Crippen LogP contribution in [-0.4, -0.2) is 47.6 Å². The van der Waals surface area contributed by atoms with Crippen LogP contribution in [0.1, 0.15) is 25.3 Å². The van der Waals surface area contributed by atoms with Gasteiger partial charge < -0.3 is 35.5 Å². The van der Waals surface area contributed by atoms with Gasteiger partial charge in [-0.15, -0.1) is 0 Å². The van der Waals surface area contributed by atoms with Crippen LogP contribution < -0.4 is 26.1 Å². The predicted octanol–water partition coefficient (Wildman–Crippen LogP) is 1.87. The summed E-state index contributed by atoms with van der Waals surface area (Å²) in [5.41, 5.74) is 4.81. The van der Waals surface area contributed by atoms with Crippen molar-refractivity contribution in [3.8, 4) is 11.5 Å². The number of phenolic OH excluding ortho intramolecular Hbond substituents is 1. The number of rotatable bonds is 5. The first-order valence-corrected chi connectivity index (χ1v) is 9.52. The molecule has 2 aromatic rings. The summed E-state index contributed by atoms with van der Waals surface area (Å²) < 4.78 is 21.4. The van der Waals surface area contributed by atoms with E-state index < -0.39 is 28.8 Å². The summed E-state index contributed by atoms with van der Waals surface area (Å²) in [6.07, 6.45) is 2.00. The molecular formula is C19H23FN4O5. The Kier molecular flexibility index (Phi) is 4.73. The highest BCUT2D eigenvalue weighted by atomic mass is 19.1. The van der Waals surface area contributed by atoms with Gasteiger partial charge in [0.25, 0.3) is 0 Å². The Balaban J connectivity index is 1.94. The monoisotopic (exact) mass is 406 g/mol. The largest absolute Gasteiger partial charge is 0.511 e. The smallest absolute Gasteiger partial charge is 0.504 e. The molecule has 1 aliphatic carbocycles. The Hall–Kier alpha value is -3.01. The van der Waals surface area contributed by atoms with Crippen LogP contribution in [0.3, 0.4) is 0 Å². The van der Waals surface area contributed by atoms with Gasteiger partial charge in [0, 0.05) is 19.1 Å². The van der Waals surface area contributed by atoms with Crippen LogP contribution in [0, 0.1) is 11.7 Å². The van der Waals surface area contributed by atoms with Crippen molar-refractivity contribution in [1.82, 2.24) is 9.88 Å². The van der Waals surface area contributed by atoms with E-state index in [1.54, 1.807) is 9.47 Å². The van der Waals surface area contributed by atoms with Crippen LogP contribution in [0.25, 0.3) is 10.9 Å². The van der Waals surface area contributed by atoms with E-state index in [0.717, 1.165) is 25.8 Å². The summed E-state index contributed by atoms with van der Waals surface area (Å²) in [7, 11) is 1.85. The third-order valence-electron chi connectivity index (χ3n) is 5.60. The number of nitrogen functional groups attached to an aromatic ring is 1. The van der Waals surface area contributed by atoms with Crippen LogP contribution in [0.15, 0.2) is 11.0 Å². The number of nitrogens with one attached hydrogen (secondary N) is 1. The van der Waals surface area contributed by atoms with Gasteiger partial charge in [-0.25, -0.2) is 9.18 Å². The Bertz CT molecular complexity index is 1050. The number of anilines is 2. The maximum absolute atomic E-state index is 15.2. The summed E-state index contributed by atoms with van der Waals surface area (Å²) >= 11 is 0. The first-order valence-electron chi connectivity index (χ1n) is 9.52. The lowest BCUT2D eigenvalue weighted by Gasteiger charge is -2.24. The summed E-state index contributed by atoms with van der Waals surface area (Å²) in [5.74, 6) is -1.41. The molecule has 29 heavy (non-hydrogen) atoms. The fourth-order valence-electron chi connectivity index (χ4n) is 4.14. The normalized spacial score (nSPS) is 19.1. The van der Waals surface area contributed by atoms with Crippen molar-refractivity contribution in [3.63, 3.8) is 0 Å². The van der Waals surface area contributed by atoms with Crippen LogP contribution in [0.2, 0.25) is 0 Å². The topological polar surface area (TPSA) is 130 Å². The third-order valence-corrected chi connectivity index (χ3v) is 5.60. The number of carboxylic acid groups (broad SMARTS) is 1. The highest BCUT2D eigenvalue weighted by Crippen LogP contribution is 2.46. The number of ether oxygens (including phenoxy) is 1. The number of hydrogen-bond acceptors (Lipinski definition) is 7. The maximum atomic E-state index is 15.2. The van der Waals surface area contributed by atoms with E-state index >= 15 is 4.39 Å². The third kappa shape index (κ3) is 3.23. The lowest BCUT2D eigenvalue weighted by Crippen LogP contribution is -2.26. The van der Waals surface area contributed by atoms with Gasteiger partial charge in [0.05, 0.1) is 22.8 Å². The number of hydrogen-bond donors (Lipinski definition) is 4. The van der Waals surface area contributed by atoms with Crippen LogP contribution in [0.5, 0.6) is 11.5 Å². The van der Waals surface area contributed by atoms with Crippen LogP contribution in [-0.2, 0) is 0 Å². The van der Waals surface area contributed by atoms with E-state index in [9.17, 15) is 14.7 Å². The SMILES string of the molecule is CNCC1CCN(c2c(F)c(N)c3c(=O)c(OC(=O)O)cn(C4CC4)c3c2O)C1. The van der Waals surface area contributed by atoms with E-state index in [1.807, 2.05) is 7.05 Å². The number of phenols is 1. The molecule has 0 amide bonds. The van der Waals surface area contributed by atoms with Gasteiger partial charge in [0.1, 0.15) is 5.69 Å². The van der Waals surface area contributed by atoms with Crippen molar-refractivity contribution in [2.75, 3.05) is 37.3 Å². The number of fused-ring (bicyclic) bond motifs is 1. The Labute approximate surface area is 165 Å². The molecule has 0 spiro atoms. The number of carbonyl (C=O) groups is 1. The number of aromatic hydroxyl groups is 1. The Morgan fingerprint density at radius 2 is 2.14 bits per heavy atom. The minimum Gasteiger partial charge on any atom is -0.504 e. The molecule has 156 valence electrons. The molecule has 1 unspecified atom stereocenters. The quantitative estimate of drug-likeness (QED) is 0.336. The summed E-state index contributed by atoms with van der Waals surface area (Å²) in [6, 6.07) is -0.0477. The molecule has 2 aliphatic rings. The Morgan fingerprint density at radius 1 is 1.41 bits per heavy atom. The number of nitrogens with two attached hydrogens (primary N) is 1. The zero-order chi connectivity index (χ0) is 20.9. The van der Waals surface area contributed by atoms with Crippen molar-refractivity contribution in [2.24, 2.45) is 5.92 Å². The number of benzene rings is 1. The minimum absolute atomic E-state index is 0.0192. The van der Waals surface area contributed by atoms with Gasteiger partial charge in [-0.1, -0.05) is 0 Å². The fraction of sp³-hybridized carbons (Fsp3) is 0.474. The molecule has 2 heterocycles. The zero-order valence-corrected chi connectivity index (χ0v) is 15.9. The van der Waals surface area contributed by atoms with E-state index in [4.69, 9.17) is 10.8 Å². The maximum Gasteiger partial charge on any atom is 0.511 e. The highest BCUT2D eigenvalue weighted by molar-refractivity contribution is 6.00. The zero-order valence-electron chi connectivity index (χ0n) is 15.9. The van der Waals surface area contributed by atoms with Crippen molar-refractivity contribution in [1.29, 1.82) is 0 Å². The average molecular weight is 406 g/mol. The molecule has 5 N–H and O–H groups in total. The van der Waals surface area contributed by atoms with E-state index in [1.165, 1.54) is 6.20 Å². The lowest BCUT2D eigenvalue weighted by atomic mass is 10.1. The van der Waals surface area contributed by atoms with E-state index in [2.05, 4.69) is 10.1 Å². The van der Waals surface area contributed by atoms with Gasteiger partial charge in [0.2, 0.25) is 5.43 Å². The first kappa shape index (κ1) is 19.3. The van der Waals surface area contributed by atoms with Crippen LogP contribution in [0.4, 0.5) is 20.6 Å². The summed E-state index contributed by atoms with van der Waals surface area (Å²) in [6.45, 7) is 1.87. The van der Waals surface area contributed by atoms with Gasteiger partial charge >= 0.3 is 6.16 Å². The first-order chi connectivity index (χ1) is 13.8. The number of pyridine rings is 1. The molecule has 1 atom stereocenters. The Morgan fingerprint density at radius 3 is 2.76 bits per heavy atom. The lowest BCUT2D eigenvalue weighted by molar-refractivity contribution is 0.143. The fourth-order valence-corrected chi connectivity index (χ4v) is 4.14. The van der Waals surface area contributed by atoms with Crippen molar-refractivity contribution in [3.05, 3.63) is 22.2 Å². The molecule has 10 heteroatoms. The molecule has 1 saturated heterocycles. The molecule has 4 rings (SSSR count). The molecule has 0 bridgehead atoms. The summed E-state index contributed by atoms with van der Waals surface area (Å²) in [5, 5.41) is 22.8. The number of halogens is 1. The van der Waals surface area contributed by atoms with Crippen molar-refractivity contribution >= 4 is 28.4 Å². The second kappa shape index (κ2) is 7.11. The van der Waals surface area contributed by atoms with Gasteiger partial charge in [0.15, 0.2) is 17.3 Å². The van der Waals surface area contributed by atoms with Gasteiger partial charge in [-0.05, 0) is 38.8 Å². The molecular weight excluding hydrogens is 383 g/mol. The molecule has 2 fully saturated rings. The van der Waals surface area contributed by atoms with E-state index in [0.29, 0.717) is 19.0 Å². The molecule has 9 nitrogen and oxygen atoms in total. The van der Waals surface area contributed by atoms with Crippen molar-refractivity contribution < 1.29 is 24.1 Å². The highest BCUT2D eigenvalue weighted by Gasteiger charge is 2.34. The van der Waals surface area contributed by atoms with Gasteiger partial charge in [-0.3, -0.25) is 4.79 Å². The molecule has 1 aromatic carbocycles. The van der Waals surface area contributed by atoms with E-state index in [-0.39, 0.29) is 28.4 Å².